The Balaban J connectivity index is 1.63. The molecular weight excluding hydrogens is 316 g/mol. The number of amides is 2. The van der Waals surface area contributed by atoms with Gasteiger partial charge in [0.1, 0.15) is 0 Å². The first-order chi connectivity index (χ1) is 11.0. The molecule has 23 heavy (non-hydrogen) atoms. The van der Waals surface area contributed by atoms with Crippen LogP contribution in [-0.2, 0) is 20.9 Å². The highest BCUT2D eigenvalue weighted by molar-refractivity contribution is 6.30. The van der Waals surface area contributed by atoms with E-state index in [0.717, 1.165) is 5.56 Å². The molecule has 0 radical (unpaired) electrons. The van der Waals surface area contributed by atoms with E-state index in [2.05, 4.69) is 5.32 Å². The molecule has 1 fully saturated rings. The van der Waals surface area contributed by atoms with E-state index in [1.807, 2.05) is 38.1 Å². The topological polar surface area (TPSA) is 58.6 Å². The summed E-state index contributed by atoms with van der Waals surface area (Å²) in [6, 6.07) is 7.60. The lowest BCUT2D eigenvalue weighted by Gasteiger charge is -2.20. The molecule has 1 heterocycles. The van der Waals surface area contributed by atoms with Gasteiger partial charge in [-0.25, -0.2) is 0 Å². The number of halogens is 1. The molecule has 1 aliphatic rings. The summed E-state index contributed by atoms with van der Waals surface area (Å²) >= 11 is 5.82. The van der Waals surface area contributed by atoms with Gasteiger partial charge in [0.25, 0.3) is 0 Å². The lowest BCUT2D eigenvalue weighted by atomic mass is 10.1. The van der Waals surface area contributed by atoms with Crippen molar-refractivity contribution < 1.29 is 14.3 Å². The van der Waals surface area contributed by atoms with Crippen LogP contribution in [0.3, 0.4) is 0 Å². The van der Waals surface area contributed by atoms with Crippen molar-refractivity contribution >= 4 is 23.4 Å². The lowest BCUT2D eigenvalue weighted by molar-refractivity contribution is -0.130. The van der Waals surface area contributed by atoms with Crippen LogP contribution in [0.2, 0.25) is 5.02 Å². The molecule has 0 spiro atoms. The number of carbonyl (C=O) groups excluding carboxylic acids is 2. The minimum Gasteiger partial charge on any atom is -0.375 e. The van der Waals surface area contributed by atoms with Crippen LogP contribution in [0, 0.1) is 5.92 Å². The second kappa shape index (κ2) is 8.31. The average molecular weight is 339 g/mol. The van der Waals surface area contributed by atoms with E-state index < -0.39 is 0 Å². The molecule has 5 nitrogen and oxygen atoms in total. The quantitative estimate of drug-likeness (QED) is 0.776. The number of nitrogens with one attached hydrogen (secondary N) is 1. The summed E-state index contributed by atoms with van der Waals surface area (Å²) in [6.07, 6.45) is 0.301. The average Bonchev–Trinajstić information content (AvgIpc) is 2.91. The second-order valence-corrected chi connectivity index (χ2v) is 6.45. The van der Waals surface area contributed by atoms with Crippen molar-refractivity contribution in [1.29, 1.82) is 0 Å². The summed E-state index contributed by atoms with van der Waals surface area (Å²) in [4.78, 5) is 25.6. The van der Waals surface area contributed by atoms with Crippen LogP contribution < -0.4 is 5.32 Å². The molecule has 2 amide bonds. The Morgan fingerprint density at radius 2 is 2.09 bits per heavy atom. The summed E-state index contributed by atoms with van der Waals surface area (Å²) in [5.74, 6) is -0.267. The SMILES string of the molecule is CC(C)N1C[C@@H](C(=O)NCCOCc2ccc(Cl)cc2)CC1=O. The van der Waals surface area contributed by atoms with E-state index in [9.17, 15) is 9.59 Å². The first kappa shape index (κ1) is 17.8. The number of hydrogen-bond acceptors (Lipinski definition) is 3. The Morgan fingerprint density at radius 1 is 1.39 bits per heavy atom. The van der Waals surface area contributed by atoms with Crippen LogP contribution in [0.5, 0.6) is 0 Å². The van der Waals surface area contributed by atoms with Crippen molar-refractivity contribution in [3.05, 3.63) is 34.9 Å². The molecule has 1 aromatic carbocycles. The molecule has 1 aliphatic heterocycles. The molecule has 1 atom stereocenters. The third kappa shape index (κ3) is 5.22. The highest BCUT2D eigenvalue weighted by atomic mass is 35.5. The maximum absolute atomic E-state index is 12.1. The van der Waals surface area contributed by atoms with Gasteiger partial charge >= 0.3 is 0 Å². The summed E-state index contributed by atoms with van der Waals surface area (Å²) in [5.41, 5.74) is 1.04. The fourth-order valence-electron chi connectivity index (χ4n) is 2.57. The van der Waals surface area contributed by atoms with Crippen molar-refractivity contribution in [1.82, 2.24) is 10.2 Å². The largest absolute Gasteiger partial charge is 0.375 e. The highest BCUT2D eigenvalue weighted by Crippen LogP contribution is 2.20. The van der Waals surface area contributed by atoms with Crippen LogP contribution >= 0.6 is 11.6 Å². The van der Waals surface area contributed by atoms with E-state index in [4.69, 9.17) is 16.3 Å². The first-order valence-electron chi connectivity index (χ1n) is 7.86. The van der Waals surface area contributed by atoms with E-state index in [0.29, 0.717) is 37.7 Å². The van der Waals surface area contributed by atoms with Crippen molar-refractivity contribution in [2.45, 2.75) is 32.9 Å². The van der Waals surface area contributed by atoms with Gasteiger partial charge in [0.15, 0.2) is 0 Å². The molecule has 0 bridgehead atoms. The molecule has 0 aliphatic carbocycles. The minimum absolute atomic E-state index is 0.0548. The third-order valence-corrected chi connectivity index (χ3v) is 4.13. The number of likely N-dealkylation sites (tertiary alicyclic amines) is 1. The van der Waals surface area contributed by atoms with Crippen LogP contribution in [0.15, 0.2) is 24.3 Å². The van der Waals surface area contributed by atoms with Crippen LogP contribution in [0.1, 0.15) is 25.8 Å². The van der Waals surface area contributed by atoms with Gasteiger partial charge in [-0.2, -0.15) is 0 Å². The number of ether oxygens (including phenoxy) is 1. The highest BCUT2D eigenvalue weighted by Gasteiger charge is 2.35. The molecule has 126 valence electrons. The molecule has 1 aromatic rings. The smallest absolute Gasteiger partial charge is 0.225 e. The van der Waals surface area contributed by atoms with E-state index in [-0.39, 0.29) is 23.8 Å². The van der Waals surface area contributed by atoms with Gasteiger partial charge in [-0.15, -0.1) is 0 Å². The molecule has 1 saturated heterocycles. The van der Waals surface area contributed by atoms with Gasteiger partial charge in [0.05, 0.1) is 19.1 Å². The fourth-order valence-corrected chi connectivity index (χ4v) is 2.69. The van der Waals surface area contributed by atoms with Crippen molar-refractivity contribution in [3.8, 4) is 0 Å². The summed E-state index contributed by atoms with van der Waals surface area (Å²) < 4.78 is 5.52. The summed E-state index contributed by atoms with van der Waals surface area (Å²) in [5, 5.41) is 3.53. The molecule has 2 rings (SSSR count). The number of rotatable bonds is 7. The Labute approximate surface area is 141 Å². The summed E-state index contributed by atoms with van der Waals surface area (Å²) in [6.45, 7) is 5.79. The predicted molar refractivity (Wildman–Crippen MR) is 89.1 cm³/mol. The van der Waals surface area contributed by atoms with Gasteiger partial charge < -0.3 is 15.0 Å². The second-order valence-electron chi connectivity index (χ2n) is 6.01. The van der Waals surface area contributed by atoms with Gasteiger partial charge in [0.2, 0.25) is 11.8 Å². The van der Waals surface area contributed by atoms with E-state index in [1.54, 1.807) is 4.90 Å². The summed E-state index contributed by atoms with van der Waals surface area (Å²) in [7, 11) is 0. The molecule has 1 N–H and O–H groups in total. The van der Waals surface area contributed by atoms with Gasteiger partial charge in [-0.3, -0.25) is 9.59 Å². The monoisotopic (exact) mass is 338 g/mol. The number of carbonyl (C=O) groups is 2. The fraction of sp³-hybridized carbons (Fsp3) is 0.529. The Kier molecular flexibility index (Phi) is 6.42. The molecular formula is C17H23ClN2O3. The van der Waals surface area contributed by atoms with Crippen LogP contribution in [0.25, 0.3) is 0 Å². The van der Waals surface area contributed by atoms with Crippen LogP contribution in [0.4, 0.5) is 0 Å². The Morgan fingerprint density at radius 3 is 2.70 bits per heavy atom. The lowest BCUT2D eigenvalue weighted by Crippen LogP contribution is -2.36. The van der Waals surface area contributed by atoms with Crippen molar-refractivity contribution in [3.63, 3.8) is 0 Å². The van der Waals surface area contributed by atoms with Crippen molar-refractivity contribution in [2.24, 2.45) is 5.92 Å². The molecule has 0 unspecified atom stereocenters. The molecule has 6 heteroatoms. The third-order valence-electron chi connectivity index (χ3n) is 3.88. The maximum Gasteiger partial charge on any atom is 0.225 e. The maximum atomic E-state index is 12.1. The normalized spacial score (nSPS) is 17.8. The minimum atomic E-state index is -0.249. The van der Waals surface area contributed by atoms with Gasteiger partial charge in [-0.05, 0) is 31.5 Å². The zero-order valence-electron chi connectivity index (χ0n) is 13.5. The van der Waals surface area contributed by atoms with Gasteiger partial charge in [0, 0.05) is 30.6 Å². The van der Waals surface area contributed by atoms with E-state index in [1.165, 1.54) is 0 Å². The van der Waals surface area contributed by atoms with Crippen LogP contribution in [-0.4, -0.2) is 42.5 Å². The Bertz CT molecular complexity index is 545. The molecule has 0 saturated carbocycles. The van der Waals surface area contributed by atoms with E-state index >= 15 is 0 Å². The number of hydrogen-bond donors (Lipinski definition) is 1. The van der Waals surface area contributed by atoms with Gasteiger partial charge in [-0.1, -0.05) is 23.7 Å². The number of nitrogens with zero attached hydrogens (tertiary/aromatic N) is 1. The Hall–Kier alpha value is -1.59. The van der Waals surface area contributed by atoms with Crippen molar-refractivity contribution in [2.75, 3.05) is 19.7 Å². The predicted octanol–water partition coefficient (Wildman–Crippen LogP) is 2.23. The zero-order valence-corrected chi connectivity index (χ0v) is 14.3. The number of benzene rings is 1. The standard InChI is InChI=1S/C17H23ClN2O3/c1-12(2)20-10-14(9-16(20)21)17(22)19-7-8-23-11-13-3-5-15(18)6-4-13/h3-6,12,14H,7-11H2,1-2H3,(H,19,22)/t14-/m0/s1. The molecule has 0 aromatic heterocycles. The zero-order chi connectivity index (χ0) is 16.8. The first-order valence-corrected chi connectivity index (χ1v) is 8.24.